The highest BCUT2D eigenvalue weighted by Gasteiger charge is 2.33. The second kappa shape index (κ2) is 9.77. The van der Waals surface area contributed by atoms with Gasteiger partial charge >= 0.3 is 11.9 Å². The van der Waals surface area contributed by atoms with E-state index in [1.165, 1.54) is 7.11 Å². The van der Waals surface area contributed by atoms with Crippen LogP contribution in [0.3, 0.4) is 0 Å². The normalized spacial score (nSPS) is 11.6. The zero-order chi connectivity index (χ0) is 24.3. The van der Waals surface area contributed by atoms with Crippen LogP contribution in [-0.4, -0.2) is 18.2 Å². The van der Waals surface area contributed by atoms with Gasteiger partial charge in [0.25, 0.3) is 0 Å². The number of aliphatic imine (C=N–C) groups is 1. The first-order valence-corrected chi connectivity index (χ1v) is 10.6. The molecule has 0 spiro atoms. The Morgan fingerprint density at radius 2 is 1.76 bits per heavy atom. The van der Waals surface area contributed by atoms with Crippen molar-refractivity contribution in [2.75, 3.05) is 7.11 Å². The summed E-state index contributed by atoms with van der Waals surface area (Å²) in [7, 11) is 1.39. The molecule has 0 saturated carbocycles. The fourth-order valence-electron chi connectivity index (χ4n) is 2.90. The SMILES string of the molecule is COc1cc(C=Nc2ccc(C)c(C)c2)cc(I)c1Oc1ccc(C(F)(F)F)cc1[N+](=O)[O-]. The highest BCUT2D eigenvalue weighted by atomic mass is 127. The highest BCUT2D eigenvalue weighted by Crippen LogP contribution is 2.42. The van der Waals surface area contributed by atoms with Gasteiger partial charge in [0, 0.05) is 12.3 Å². The molecule has 0 bridgehead atoms. The minimum absolute atomic E-state index is 0.143. The summed E-state index contributed by atoms with van der Waals surface area (Å²) in [5, 5.41) is 11.4. The molecule has 172 valence electrons. The number of nitro benzene ring substituents is 1. The van der Waals surface area contributed by atoms with E-state index in [2.05, 4.69) is 4.99 Å². The topological polar surface area (TPSA) is 74.0 Å². The maximum absolute atomic E-state index is 13.0. The van der Waals surface area contributed by atoms with Crippen molar-refractivity contribution < 1.29 is 27.6 Å². The van der Waals surface area contributed by atoms with Gasteiger partial charge in [-0.15, -0.1) is 0 Å². The Morgan fingerprint density at radius 1 is 1.03 bits per heavy atom. The van der Waals surface area contributed by atoms with Gasteiger partial charge in [-0.3, -0.25) is 15.1 Å². The Hall–Kier alpha value is -3.15. The maximum Gasteiger partial charge on any atom is 0.416 e. The maximum atomic E-state index is 13.0. The van der Waals surface area contributed by atoms with E-state index in [0.29, 0.717) is 15.2 Å². The van der Waals surface area contributed by atoms with Crippen molar-refractivity contribution in [3.8, 4) is 17.2 Å². The third kappa shape index (κ3) is 5.81. The Bertz CT molecular complexity index is 1240. The highest BCUT2D eigenvalue weighted by molar-refractivity contribution is 14.1. The first-order valence-electron chi connectivity index (χ1n) is 9.52. The second-order valence-electron chi connectivity index (χ2n) is 7.10. The Kier molecular flexibility index (Phi) is 7.25. The third-order valence-corrected chi connectivity index (χ3v) is 5.60. The summed E-state index contributed by atoms with van der Waals surface area (Å²) in [6.45, 7) is 4.00. The number of alkyl halides is 3. The van der Waals surface area contributed by atoms with Gasteiger partial charge in [-0.2, -0.15) is 13.2 Å². The molecule has 3 rings (SSSR count). The monoisotopic (exact) mass is 570 g/mol. The number of hydrogen-bond acceptors (Lipinski definition) is 5. The molecule has 0 N–H and O–H groups in total. The number of hydrogen-bond donors (Lipinski definition) is 0. The molecule has 0 unspecified atom stereocenters. The molecular formula is C23H18F3IN2O4. The minimum Gasteiger partial charge on any atom is -0.493 e. The lowest BCUT2D eigenvalue weighted by molar-refractivity contribution is -0.385. The summed E-state index contributed by atoms with van der Waals surface area (Å²) in [6, 6.07) is 11.3. The van der Waals surface area contributed by atoms with Gasteiger partial charge in [-0.25, -0.2) is 0 Å². The quantitative estimate of drug-likeness (QED) is 0.134. The number of halogens is 4. The van der Waals surface area contributed by atoms with E-state index in [4.69, 9.17) is 9.47 Å². The summed E-state index contributed by atoms with van der Waals surface area (Å²) in [4.78, 5) is 14.9. The standard InChI is InChI=1S/C23H18F3IN2O4/c1-13-4-6-17(8-14(13)2)28-12-15-9-18(27)22(21(10-15)32-3)33-20-7-5-16(23(24,25)26)11-19(20)29(30)31/h4-12H,1-3H3. The molecule has 0 heterocycles. The van der Waals surface area contributed by atoms with Gasteiger partial charge in [0.1, 0.15) is 0 Å². The second-order valence-corrected chi connectivity index (χ2v) is 8.26. The summed E-state index contributed by atoms with van der Waals surface area (Å²) >= 11 is 1.96. The first-order chi connectivity index (χ1) is 15.5. The molecule has 33 heavy (non-hydrogen) atoms. The van der Waals surface area contributed by atoms with Crippen molar-refractivity contribution in [3.05, 3.63) is 84.5 Å². The smallest absolute Gasteiger partial charge is 0.416 e. The van der Waals surface area contributed by atoms with E-state index >= 15 is 0 Å². The number of aryl methyl sites for hydroxylation is 2. The molecule has 0 atom stereocenters. The van der Waals surface area contributed by atoms with Crippen molar-refractivity contribution in [1.82, 2.24) is 0 Å². The summed E-state index contributed by atoms with van der Waals surface area (Å²) in [5.41, 5.74) is 1.78. The number of ether oxygens (including phenoxy) is 2. The van der Waals surface area contributed by atoms with Crippen molar-refractivity contribution in [3.63, 3.8) is 0 Å². The fourth-order valence-corrected chi connectivity index (χ4v) is 3.64. The molecule has 0 aromatic heterocycles. The van der Waals surface area contributed by atoms with Gasteiger partial charge in [0.2, 0.25) is 5.75 Å². The van der Waals surface area contributed by atoms with E-state index < -0.39 is 22.4 Å². The van der Waals surface area contributed by atoms with Crippen LogP contribution in [-0.2, 0) is 6.18 Å². The van der Waals surface area contributed by atoms with Crippen LogP contribution in [0.1, 0.15) is 22.3 Å². The summed E-state index contributed by atoms with van der Waals surface area (Å²) in [5.74, 6) is 0.0580. The number of nitro groups is 1. The predicted octanol–water partition coefficient (Wildman–Crippen LogP) is 7.39. The average Bonchev–Trinajstić information content (AvgIpc) is 2.75. The lowest BCUT2D eigenvalue weighted by Crippen LogP contribution is -2.06. The molecule has 0 amide bonds. The van der Waals surface area contributed by atoms with Crippen LogP contribution >= 0.6 is 22.6 Å². The number of methoxy groups -OCH3 is 1. The van der Waals surface area contributed by atoms with Crippen LogP contribution in [0.5, 0.6) is 17.2 Å². The van der Waals surface area contributed by atoms with E-state index in [1.54, 1.807) is 18.3 Å². The van der Waals surface area contributed by atoms with Gasteiger partial charge < -0.3 is 9.47 Å². The molecule has 10 heteroatoms. The van der Waals surface area contributed by atoms with Crippen molar-refractivity contribution in [1.29, 1.82) is 0 Å². The molecular weight excluding hydrogens is 552 g/mol. The number of nitrogens with zero attached hydrogens (tertiary/aromatic N) is 2. The lowest BCUT2D eigenvalue weighted by atomic mass is 10.1. The summed E-state index contributed by atoms with van der Waals surface area (Å²) < 4.78 is 50.4. The summed E-state index contributed by atoms with van der Waals surface area (Å²) in [6.07, 6.45) is -3.08. The van der Waals surface area contributed by atoms with E-state index in [1.807, 2.05) is 54.6 Å². The van der Waals surface area contributed by atoms with Crippen molar-refractivity contribution in [2.45, 2.75) is 20.0 Å². The first kappa shape index (κ1) is 24.5. The molecule has 0 aliphatic rings. The zero-order valence-electron chi connectivity index (χ0n) is 17.7. The van der Waals surface area contributed by atoms with Gasteiger partial charge in [0.05, 0.1) is 26.9 Å². The largest absolute Gasteiger partial charge is 0.493 e. The molecule has 0 aliphatic heterocycles. The van der Waals surface area contributed by atoms with Crippen LogP contribution in [0, 0.1) is 27.5 Å². The zero-order valence-corrected chi connectivity index (χ0v) is 19.9. The van der Waals surface area contributed by atoms with Gasteiger partial charge in [-0.05, 0) is 89.5 Å². The van der Waals surface area contributed by atoms with Crippen LogP contribution < -0.4 is 9.47 Å². The fraction of sp³-hybridized carbons (Fsp3) is 0.174. The lowest BCUT2D eigenvalue weighted by Gasteiger charge is -2.14. The Balaban J connectivity index is 1.96. The molecule has 0 radical (unpaired) electrons. The van der Waals surface area contributed by atoms with Crippen LogP contribution in [0.15, 0.2) is 53.5 Å². The van der Waals surface area contributed by atoms with Crippen LogP contribution in [0.4, 0.5) is 24.5 Å². The molecule has 0 aliphatic carbocycles. The van der Waals surface area contributed by atoms with Crippen LogP contribution in [0.2, 0.25) is 0 Å². The number of benzene rings is 3. The molecule has 3 aromatic carbocycles. The number of rotatable bonds is 6. The van der Waals surface area contributed by atoms with Crippen molar-refractivity contribution >= 4 is 40.2 Å². The molecule has 0 saturated heterocycles. The van der Waals surface area contributed by atoms with E-state index in [-0.39, 0.29) is 17.2 Å². The van der Waals surface area contributed by atoms with Crippen molar-refractivity contribution in [2.24, 2.45) is 4.99 Å². The minimum atomic E-state index is -4.72. The predicted molar refractivity (Wildman–Crippen MR) is 127 cm³/mol. The van der Waals surface area contributed by atoms with Crippen LogP contribution in [0.25, 0.3) is 0 Å². The Morgan fingerprint density at radius 3 is 2.36 bits per heavy atom. The van der Waals surface area contributed by atoms with E-state index in [0.717, 1.165) is 28.9 Å². The van der Waals surface area contributed by atoms with Gasteiger partial charge in [-0.1, -0.05) is 6.07 Å². The Labute approximate surface area is 201 Å². The van der Waals surface area contributed by atoms with Gasteiger partial charge in [0.15, 0.2) is 11.5 Å². The van der Waals surface area contributed by atoms with E-state index in [9.17, 15) is 23.3 Å². The average molecular weight is 570 g/mol. The molecule has 3 aromatic rings. The third-order valence-electron chi connectivity index (χ3n) is 4.80. The molecule has 6 nitrogen and oxygen atoms in total. The molecule has 0 fully saturated rings.